The van der Waals surface area contributed by atoms with E-state index in [1.165, 1.54) is 6.92 Å². The predicted octanol–water partition coefficient (Wildman–Crippen LogP) is -0.432. The molecule has 0 aliphatic heterocycles. The lowest BCUT2D eigenvalue weighted by atomic mass is 10.3. The summed E-state index contributed by atoms with van der Waals surface area (Å²) in [6.45, 7) is 1.31. The third kappa shape index (κ3) is 6.30. The minimum Gasteiger partial charge on any atom is -0.480 e. The molecule has 0 saturated heterocycles. The van der Waals surface area contributed by atoms with E-state index >= 15 is 0 Å². The van der Waals surface area contributed by atoms with Gasteiger partial charge in [0.15, 0.2) is 5.12 Å². The van der Waals surface area contributed by atoms with Gasteiger partial charge in [0.25, 0.3) is 0 Å². The molecule has 0 aliphatic rings. The zero-order chi connectivity index (χ0) is 12.7. The molecule has 7 nitrogen and oxygen atoms in total. The Kier molecular flexibility index (Phi) is 6.58. The van der Waals surface area contributed by atoms with Gasteiger partial charge in [0.05, 0.1) is 0 Å². The first-order valence-electron chi connectivity index (χ1n) is 3.91. The molecule has 1 amide bonds. The van der Waals surface area contributed by atoms with Gasteiger partial charge in [-0.05, 0) is 10.8 Å². The molecule has 0 saturated carbocycles. The summed E-state index contributed by atoms with van der Waals surface area (Å²) in [5.41, 5.74) is 0. The van der Waals surface area contributed by atoms with Crippen molar-refractivity contribution < 1.29 is 29.4 Å². The van der Waals surface area contributed by atoms with Crippen molar-refractivity contribution in [3.63, 3.8) is 0 Å². The predicted molar refractivity (Wildman–Crippen MR) is 57.9 cm³/mol. The van der Waals surface area contributed by atoms with Crippen molar-refractivity contribution in [2.45, 2.75) is 13.0 Å². The number of carboxylic acids is 2. The van der Waals surface area contributed by atoms with Crippen LogP contribution in [0.4, 0.5) is 0 Å². The zero-order valence-corrected chi connectivity index (χ0v) is 9.76. The molecule has 9 heteroatoms. The molecule has 0 aromatic rings. The van der Waals surface area contributed by atoms with Gasteiger partial charge in [-0.1, -0.05) is 10.8 Å². The first-order valence-corrected chi connectivity index (χ1v) is 6.23. The molecule has 0 rings (SSSR count). The monoisotopic (exact) mass is 267 g/mol. The number of carbonyl (C=O) groups is 4. The number of aliphatic carboxylic acids is 2. The molecule has 0 unspecified atom stereocenters. The number of carboxylic acid groups (broad SMARTS) is 2. The Morgan fingerprint density at radius 2 is 1.81 bits per heavy atom. The topological polar surface area (TPSA) is 121 Å². The molecular formula is C7H9NO6S2. The number of hydrogen-bond acceptors (Lipinski definition) is 6. The summed E-state index contributed by atoms with van der Waals surface area (Å²) in [5, 5.41) is 18.5. The lowest BCUT2D eigenvalue weighted by Crippen LogP contribution is -2.45. The summed E-state index contributed by atoms with van der Waals surface area (Å²) in [6.07, 6.45) is 0. The van der Waals surface area contributed by atoms with Gasteiger partial charge in [0.1, 0.15) is 6.04 Å². The Labute approximate surface area is 98.4 Å². The van der Waals surface area contributed by atoms with Gasteiger partial charge in [0.2, 0.25) is 0 Å². The maximum Gasteiger partial charge on any atom is 0.394 e. The lowest BCUT2D eigenvalue weighted by Gasteiger charge is -2.11. The molecule has 0 heterocycles. The summed E-state index contributed by atoms with van der Waals surface area (Å²) in [6, 6.07) is -1.33. The highest BCUT2D eigenvalue weighted by molar-refractivity contribution is 8.82. The highest BCUT2D eigenvalue weighted by Gasteiger charge is 2.23. The molecule has 0 fully saturated rings. The van der Waals surface area contributed by atoms with E-state index in [1.807, 2.05) is 0 Å². The van der Waals surface area contributed by atoms with Crippen molar-refractivity contribution in [2.75, 3.05) is 5.75 Å². The number of amides is 1. The molecule has 90 valence electrons. The van der Waals surface area contributed by atoms with Crippen molar-refractivity contribution >= 4 is 44.5 Å². The van der Waals surface area contributed by atoms with Crippen molar-refractivity contribution in [1.82, 2.24) is 5.32 Å². The quantitative estimate of drug-likeness (QED) is 0.453. The van der Waals surface area contributed by atoms with E-state index in [4.69, 9.17) is 10.2 Å². The minimum absolute atomic E-state index is 0.0986. The fourth-order valence-corrected chi connectivity index (χ4v) is 2.29. The first kappa shape index (κ1) is 14.8. The second kappa shape index (κ2) is 7.12. The number of hydrogen-bond donors (Lipinski definition) is 3. The van der Waals surface area contributed by atoms with Gasteiger partial charge in [-0.15, -0.1) is 0 Å². The standard InChI is InChI=1S/C7H9NO6S2/c1-3(9)16-15-2-4(6(11)12)8-5(10)7(13)14/h4H,2H2,1H3,(H,8,10)(H,11,12)(H,13,14)/t4-/m0/s1. The molecule has 0 aromatic carbocycles. The van der Waals surface area contributed by atoms with E-state index in [2.05, 4.69) is 0 Å². The van der Waals surface area contributed by atoms with Crippen LogP contribution in [0, 0.1) is 0 Å². The van der Waals surface area contributed by atoms with E-state index < -0.39 is 23.9 Å². The first-order chi connectivity index (χ1) is 7.34. The summed E-state index contributed by atoms with van der Waals surface area (Å²) >= 11 is 0. The Morgan fingerprint density at radius 3 is 2.19 bits per heavy atom. The number of rotatable bonds is 5. The fraction of sp³-hybridized carbons (Fsp3) is 0.429. The van der Waals surface area contributed by atoms with Crippen LogP contribution in [0.5, 0.6) is 0 Å². The molecule has 0 aliphatic carbocycles. The minimum atomic E-state index is -1.75. The summed E-state index contributed by atoms with van der Waals surface area (Å²) in [7, 11) is 1.76. The highest BCUT2D eigenvalue weighted by atomic mass is 33.1. The average molecular weight is 267 g/mol. The van der Waals surface area contributed by atoms with Crippen molar-refractivity contribution in [3.05, 3.63) is 0 Å². The summed E-state index contributed by atoms with van der Waals surface area (Å²) in [5.74, 6) is -4.60. The number of carbonyl (C=O) groups excluding carboxylic acids is 2. The van der Waals surface area contributed by atoms with E-state index in [-0.39, 0.29) is 10.9 Å². The van der Waals surface area contributed by atoms with Crippen LogP contribution < -0.4 is 5.32 Å². The van der Waals surface area contributed by atoms with Crippen molar-refractivity contribution in [3.8, 4) is 0 Å². The molecular weight excluding hydrogens is 258 g/mol. The van der Waals surface area contributed by atoms with Crippen LogP contribution >= 0.6 is 21.6 Å². The van der Waals surface area contributed by atoms with Gasteiger partial charge in [0, 0.05) is 12.7 Å². The second-order valence-electron chi connectivity index (χ2n) is 2.53. The van der Waals surface area contributed by atoms with Crippen LogP contribution in [0.25, 0.3) is 0 Å². The van der Waals surface area contributed by atoms with E-state index in [9.17, 15) is 19.2 Å². The van der Waals surface area contributed by atoms with Crippen LogP contribution in [0.3, 0.4) is 0 Å². The summed E-state index contributed by atoms with van der Waals surface area (Å²) in [4.78, 5) is 42.0. The normalized spacial score (nSPS) is 11.6. The van der Waals surface area contributed by atoms with Gasteiger partial charge >= 0.3 is 17.8 Å². The van der Waals surface area contributed by atoms with Crippen LogP contribution in [-0.4, -0.2) is 45.0 Å². The SMILES string of the molecule is CC(=O)SSC[C@H](NC(=O)C(=O)O)C(=O)O. The zero-order valence-electron chi connectivity index (χ0n) is 8.13. The molecule has 0 radical (unpaired) electrons. The van der Waals surface area contributed by atoms with Gasteiger partial charge in [-0.25, -0.2) is 9.59 Å². The van der Waals surface area contributed by atoms with Gasteiger partial charge in [-0.3, -0.25) is 9.59 Å². The number of nitrogens with one attached hydrogen (secondary N) is 1. The van der Waals surface area contributed by atoms with Crippen LogP contribution in [0.15, 0.2) is 0 Å². The molecule has 1 atom stereocenters. The Hall–Kier alpha value is -1.22. The average Bonchev–Trinajstić information content (AvgIpc) is 2.14. The molecule has 0 aromatic heterocycles. The summed E-state index contributed by atoms with van der Waals surface area (Å²) < 4.78 is 0. The fourth-order valence-electron chi connectivity index (χ4n) is 0.580. The van der Waals surface area contributed by atoms with Crippen LogP contribution in [0.2, 0.25) is 0 Å². The molecule has 3 N–H and O–H groups in total. The van der Waals surface area contributed by atoms with Crippen molar-refractivity contribution in [1.29, 1.82) is 0 Å². The van der Waals surface area contributed by atoms with Gasteiger partial charge < -0.3 is 15.5 Å². The van der Waals surface area contributed by atoms with Crippen LogP contribution in [-0.2, 0) is 19.2 Å². The van der Waals surface area contributed by atoms with E-state index in [0.717, 1.165) is 21.6 Å². The maximum atomic E-state index is 10.7. The molecule has 0 bridgehead atoms. The molecule has 16 heavy (non-hydrogen) atoms. The van der Waals surface area contributed by atoms with Gasteiger partial charge in [-0.2, -0.15) is 0 Å². The Bertz CT molecular complexity index is 318. The van der Waals surface area contributed by atoms with Crippen LogP contribution in [0.1, 0.15) is 6.92 Å². The highest BCUT2D eigenvalue weighted by Crippen LogP contribution is 2.22. The Balaban J connectivity index is 4.18. The lowest BCUT2D eigenvalue weighted by molar-refractivity contribution is -0.151. The second-order valence-corrected chi connectivity index (χ2v) is 5.05. The largest absolute Gasteiger partial charge is 0.480 e. The third-order valence-electron chi connectivity index (χ3n) is 1.21. The molecule has 0 spiro atoms. The van der Waals surface area contributed by atoms with E-state index in [1.54, 1.807) is 5.32 Å². The van der Waals surface area contributed by atoms with Crippen molar-refractivity contribution in [2.24, 2.45) is 0 Å². The maximum absolute atomic E-state index is 10.7. The van der Waals surface area contributed by atoms with E-state index in [0.29, 0.717) is 0 Å². The smallest absolute Gasteiger partial charge is 0.394 e. The third-order valence-corrected chi connectivity index (χ3v) is 3.50. The Morgan fingerprint density at radius 1 is 1.25 bits per heavy atom.